The molecule has 2 saturated heterocycles. The molecule has 2 aromatic heterocycles. The zero-order valence-electron chi connectivity index (χ0n) is 18.8. The average Bonchev–Trinajstić information content (AvgIpc) is 3.56. The fourth-order valence-corrected chi connectivity index (χ4v) is 6.13. The number of aromatic nitrogens is 3. The number of nitrogens with two attached hydrogens (primary N) is 1. The molecule has 8 nitrogen and oxygen atoms in total. The van der Waals surface area contributed by atoms with E-state index >= 15 is 0 Å². The van der Waals surface area contributed by atoms with Gasteiger partial charge in [0.05, 0.1) is 17.6 Å². The van der Waals surface area contributed by atoms with E-state index in [-0.39, 0.29) is 18.0 Å². The number of rotatable bonds is 3. The summed E-state index contributed by atoms with van der Waals surface area (Å²) in [5.74, 6) is 1.93. The van der Waals surface area contributed by atoms with E-state index < -0.39 is 0 Å². The molecular formula is C24H29N7OS. The van der Waals surface area contributed by atoms with E-state index in [1.165, 1.54) is 0 Å². The lowest BCUT2D eigenvalue weighted by molar-refractivity contribution is 0.0605. The summed E-state index contributed by atoms with van der Waals surface area (Å²) in [5, 5.41) is 8.20. The highest BCUT2D eigenvalue weighted by atomic mass is 32.2. The fraction of sp³-hybridized carbons (Fsp3) is 0.458. The van der Waals surface area contributed by atoms with Crippen LogP contribution in [-0.4, -0.2) is 57.0 Å². The van der Waals surface area contributed by atoms with Crippen LogP contribution in [0.5, 0.6) is 0 Å². The fourth-order valence-electron chi connectivity index (χ4n) is 5.24. The number of benzene rings is 1. The Balaban J connectivity index is 1.31. The minimum absolute atomic E-state index is 0.0315. The first-order valence-corrected chi connectivity index (χ1v) is 12.7. The van der Waals surface area contributed by atoms with Gasteiger partial charge in [0.25, 0.3) is 5.91 Å². The van der Waals surface area contributed by atoms with Gasteiger partial charge in [0.1, 0.15) is 5.82 Å². The third-order valence-corrected chi connectivity index (χ3v) is 7.91. The molecule has 6 rings (SSSR count). The van der Waals surface area contributed by atoms with Gasteiger partial charge < -0.3 is 20.9 Å². The number of carbonyl (C=O) groups excluding carboxylic acids is 1. The van der Waals surface area contributed by atoms with Gasteiger partial charge in [-0.2, -0.15) is 5.10 Å². The number of anilines is 2. The molecular weight excluding hydrogens is 434 g/mol. The average molecular weight is 464 g/mol. The van der Waals surface area contributed by atoms with Crippen molar-refractivity contribution in [1.82, 2.24) is 19.5 Å². The molecule has 0 aliphatic carbocycles. The minimum atomic E-state index is -0.0315. The monoisotopic (exact) mass is 463 g/mol. The second-order valence-electron chi connectivity index (χ2n) is 9.30. The van der Waals surface area contributed by atoms with Crippen LogP contribution < -0.4 is 16.0 Å². The Morgan fingerprint density at radius 3 is 2.97 bits per heavy atom. The minimum Gasteiger partial charge on any atom is -0.375 e. The van der Waals surface area contributed by atoms with Crippen LogP contribution in [0.1, 0.15) is 53.3 Å². The Morgan fingerprint density at radius 1 is 1.21 bits per heavy atom. The number of hydrogen-bond donors (Lipinski definition) is 2. The second kappa shape index (κ2) is 8.22. The van der Waals surface area contributed by atoms with Crippen molar-refractivity contribution in [3.8, 4) is 0 Å². The molecule has 2 fully saturated rings. The van der Waals surface area contributed by atoms with E-state index in [4.69, 9.17) is 15.8 Å². The summed E-state index contributed by atoms with van der Waals surface area (Å²) in [6.45, 7) is 4.60. The number of nitrogens with one attached hydrogen (secondary N) is 1. The lowest BCUT2D eigenvalue weighted by atomic mass is 9.98. The molecule has 0 saturated carbocycles. The maximum absolute atomic E-state index is 13.5. The van der Waals surface area contributed by atoms with Gasteiger partial charge in [-0.15, -0.1) is 11.8 Å². The summed E-state index contributed by atoms with van der Waals surface area (Å²) in [6.07, 6.45) is 6.07. The SMILES string of the molecule is Cc1cn2nc([C@@H]3CCCCN3C(=O)c3ccc4c(c3)SCN4)cc2nc1N1CC[C@H](N)C1. The number of amides is 1. The predicted octanol–water partition coefficient (Wildman–Crippen LogP) is 3.42. The second-order valence-corrected chi connectivity index (χ2v) is 10.3. The van der Waals surface area contributed by atoms with Crippen molar-refractivity contribution in [2.75, 3.05) is 35.7 Å². The number of thioether (sulfide) groups is 1. The Bertz CT molecular complexity index is 1220. The zero-order valence-corrected chi connectivity index (χ0v) is 19.6. The topological polar surface area (TPSA) is 91.8 Å². The van der Waals surface area contributed by atoms with Crippen LogP contribution in [0, 0.1) is 6.92 Å². The molecule has 9 heteroatoms. The highest BCUT2D eigenvalue weighted by Crippen LogP contribution is 2.36. The molecule has 1 aromatic carbocycles. The van der Waals surface area contributed by atoms with Crippen molar-refractivity contribution < 1.29 is 4.79 Å². The van der Waals surface area contributed by atoms with Crippen molar-refractivity contribution in [3.63, 3.8) is 0 Å². The molecule has 3 aliphatic heterocycles. The smallest absolute Gasteiger partial charge is 0.254 e. The predicted molar refractivity (Wildman–Crippen MR) is 131 cm³/mol. The summed E-state index contributed by atoms with van der Waals surface area (Å²) in [6, 6.07) is 8.21. The zero-order chi connectivity index (χ0) is 22.5. The number of aryl methyl sites for hydroxylation is 1. The van der Waals surface area contributed by atoms with Crippen LogP contribution in [-0.2, 0) is 0 Å². The molecule has 33 heavy (non-hydrogen) atoms. The van der Waals surface area contributed by atoms with Gasteiger partial charge in [0, 0.05) is 59.6 Å². The number of nitrogens with zero attached hydrogens (tertiary/aromatic N) is 5. The molecule has 0 unspecified atom stereocenters. The highest BCUT2D eigenvalue weighted by molar-refractivity contribution is 7.99. The van der Waals surface area contributed by atoms with E-state index in [0.29, 0.717) is 0 Å². The maximum Gasteiger partial charge on any atom is 0.254 e. The van der Waals surface area contributed by atoms with E-state index in [2.05, 4.69) is 23.2 Å². The Hall–Kier alpha value is -2.78. The van der Waals surface area contributed by atoms with Gasteiger partial charge >= 0.3 is 0 Å². The molecule has 172 valence electrons. The largest absolute Gasteiger partial charge is 0.375 e. The van der Waals surface area contributed by atoms with E-state index in [0.717, 1.165) is 90.1 Å². The summed E-state index contributed by atoms with van der Waals surface area (Å²) >= 11 is 1.74. The molecule has 0 radical (unpaired) electrons. The van der Waals surface area contributed by atoms with E-state index in [9.17, 15) is 4.79 Å². The van der Waals surface area contributed by atoms with E-state index in [1.54, 1.807) is 11.8 Å². The summed E-state index contributed by atoms with van der Waals surface area (Å²) in [7, 11) is 0. The van der Waals surface area contributed by atoms with Crippen LogP contribution in [0.15, 0.2) is 35.4 Å². The van der Waals surface area contributed by atoms with Crippen molar-refractivity contribution in [3.05, 3.63) is 47.3 Å². The first kappa shape index (κ1) is 20.8. The third kappa shape index (κ3) is 3.73. The number of piperidine rings is 1. The van der Waals surface area contributed by atoms with E-state index in [1.807, 2.05) is 33.8 Å². The van der Waals surface area contributed by atoms with Crippen LogP contribution >= 0.6 is 11.8 Å². The standard InChI is InChI=1S/C24H29N7OS/c1-15-12-31-22(27-23(15)29-9-7-17(25)13-29)11-19(28-31)20-4-2-3-8-30(20)24(32)16-5-6-18-21(10-16)33-14-26-18/h5-6,10-12,17,20,26H,2-4,7-9,13-14,25H2,1H3/t17-,20-/m0/s1. The summed E-state index contributed by atoms with van der Waals surface area (Å²) in [4.78, 5) is 23.9. The maximum atomic E-state index is 13.5. The summed E-state index contributed by atoms with van der Waals surface area (Å²) in [5.41, 5.74) is 10.8. The first-order chi connectivity index (χ1) is 16.1. The molecule has 3 N–H and O–H groups in total. The Kier molecular flexibility index (Phi) is 5.18. The highest BCUT2D eigenvalue weighted by Gasteiger charge is 2.31. The van der Waals surface area contributed by atoms with Crippen molar-refractivity contribution in [2.45, 2.75) is 49.6 Å². The molecule has 5 heterocycles. The number of fused-ring (bicyclic) bond motifs is 2. The lowest BCUT2D eigenvalue weighted by Crippen LogP contribution is -2.38. The lowest BCUT2D eigenvalue weighted by Gasteiger charge is -2.34. The van der Waals surface area contributed by atoms with Gasteiger partial charge in [-0.1, -0.05) is 0 Å². The Labute approximate surface area is 197 Å². The van der Waals surface area contributed by atoms with Crippen molar-refractivity contribution in [2.24, 2.45) is 5.73 Å². The number of hydrogen-bond acceptors (Lipinski definition) is 7. The number of likely N-dealkylation sites (tertiary alicyclic amines) is 1. The normalized spacial score (nSPS) is 22.6. The van der Waals surface area contributed by atoms with Crippen molar-refractivity contribution >= 4 is 34.8 Å². The Morgan fingerprint density at radius 2 is 2.12 bits per heavy atom. The quantitative estimate of drug-likeness (QED) is 0.615. The van der Waals surface area contributed by atoms with Gasteiger partial charge in [0.15, 0.2) is 5.65 Å². The van der Waals surface area contributed by atoms with Gasteiger partial charge in [-0.05, 0) is 50.8 Å². The van der Waals surface area contributed by atoms with Gasteiger partial charge in [-0.3, -0.25) is 4.79 Å². The van der Waals surface area contributed by atoms with Gasteiger partial charge in [-0.25, -0.2) is 9.50 Å². The number of carbonyl (C=O) groups is 1. The molecule has 1 amide bonds. The van der Waals surface area contributed by atoms with Crippen molar-refractivity contribution in [1.29, 1.82) is 0 Å². The molecule has 0 bridgehead atoms. The van der Waals surface area contributed by atoms with Crippen LogP contribution in [0.3, 0.4) is 0 Å². The molecule has 3 aliphatic rings. The third-order valence-electron chi connectivity index (χ3n) is 6.97. The van der Waals surface area contributed by atoms with Crippen LogP contribution in [0.25, 0.3) is 5.65 Å². The van der Waals surface area contributed by atoms with Crippen LogP contribution in [0.2, 0.25) is 0 Å². The summed E-state index contributed by atoms with van der Waals surface area (Å²) < 4.78 is 1.86. The first-order valence-electron chi connectivity index (χ1n) is 11.8. The molecule has 2 atom stereocenters. The molecule has 3 aromatic rings. The van der Waals surface area contributed by atoms with Gasteiger partial charge in [0.2, 0.25) is 0 Å². The van der Waals surface area contributed by atoms with Crippen LogP contribution in [0.4, 0.5) is 11.5 Å². The molecule has 0 spiro atoms.